The Bertz CT molecular complexity index is 388. The molecule has 3 N–H and O–H groups in total. The third kappa shape index (κ3) is 1.55. The summed E-state index contributed by atoms with van der Waals surface area (Å²) in [6.45, 7) is 0.520. The Hall–Kier alpha value is -1.58. The molecule has 74 valence electrons. The highest BCUT2D eigenvalue weighted by Crippen LogP contribution is 2.24. The van der Waals surface area contributed by atoms with Crippen LogP contribution in [0.1, 0.15) is 11.5 Å². The molecule has 1 aromatic carbocycles. The molecular weight excluding hydrogens is 186 g/mol. The Labute approximate surface area is 80.4 Å². The normalized spacial score (nSPS) is 20.4. The van der Waals surface area contributed by atoms with Crippen molar-refractivity contribution >= 4 is 0 Å². The Morgan fingerprint density at radius 3 is 2.79 bits per heavy atom. The van der Waals surface area contributed by atoms with Crippen molar-refractivity contribution in [3.63, 3.8) is 0 Å². The molecule has 4 heteroatoms. The molecule has 2 rings (SSSR count). The molecular formula is C10H10F2N2. The van der Waals surface area contributed by atoms with E-state index in [1.165, 1.54) is 6.07 Å². The summed E-state index contributed by atoms with van der Waals surface area (Å²) in [5.41, 5.74) is 5.83. The zero-order chi connectivity index (χ0) is 10.1. The van der Waals surface area contributed by atoms with Crippen molar-refractivity contribution in [3.05, 3.63) is 47.3 Å². The van der Waals surface area contributed by atoms with Gasteiger partial charge in [0.15, 0.2) is 0 Å². The molecule has 1 atom stereocenters. The van der Waals surface area contributed by atoms with E-state index in [2.05, 4.69) is 5.32 Å². The highest BCUT2D eigenvalue weighted by molar-refractivity contribution is 5.30. The second kappa shape index (κ2) is 3.29. The fraction of sp³-hybridized carbons (Fsp3) is 0.200. The molecule has 2 nitrogen and oxygen atoms in total. The molecule has 0 aliphatic carbocycles. The standard InChI is InChI=1S/C10H10F2N2/c11-7-1-2-9(12)8(4-7)6-3-10(13)14-5-6/h1-4,6,14H,5,13H2/t6-/m1/s1. The largest absolute Gasteiger partial charge is 0.386 e. The molecule has 0 aromatic heterocycles. The van der Waals surface area contributed by atoms with Gasteiger partial charge in [0.1, 0.15) is 11.6 Å². The minimum Gasteiger partial charge on any atom is -0.386 e. The maximum Gasteiger partial charge on any atom is 0.127 e. The topological polar surface area (TPSA) is 38.0 Å². The summed E-state index contributed by atoms with van der Waals surface area (Å²) < 4.78 is 26.1. The Morgan fingerprint density at radius 2 is 2.14 bits per heavy atom. The minimum atomic E-state index is -0.430. The first-order chi connectivity index (χ1) is 6.66. The van der Waals surface area contributed by atoms with Crippen LogP contribution in [-0.2, 0) is 0 Å². The van der Waals surface area contributed by atoms with Gasteiger partial charge in [0.25, 0.3) is 0 Å². The van der Waals surface area contributed by atoms with Gasteiger partial charge >= 0.3 is 0 Å². The van der Waals surface area contributed by atoms with Crippen LogP contribution >= 0.6 is 0 Å². The van der Waals surface area contributed by atoms with Crippen LogP contribution in [0.3, 0.4) is 0 Å². The molecule has 0 spiro atoms. The fourth-order valence-electron chi connectivity index (χ4n) is 1.56. The quantitative estimate of drug-likeness (QED) is 0.713. The fourth-order valence-corrected chi connectivity index (χ4v) is 1.56. The predicted molar refractivity (Wildman–Crippen MR) is 49.4 cm³/mol. The van der Waals surface area contributed by atoms with Crippen LogP contribution in [0, 0.1) is 11.6 Å². The van der Waals surface area contributed by atoms with Crippen molar-refractivity contribution in [2.45, 2.75) is 5.92 Å². The first kappa shape index (κ1) is 8.99. The number of nitrogens with two attached hydrogens (primary N) is 1. The van der Waals surface area contributed by atoms with Gasteiger partial charge in [0, 0.05) is 12.5 Å². The van der Waals surface area contributed by atoms with E-state index in [0.717, 1.165) is 12.1 Å². The second-order valence-electron chi connectivity index (χ2n) is 3.28. The molecule has 0 saturated heterocycles. The third-order valence-electron chi connectivity index (χ3n) is 2.26. The lowest BCUT2D eigenvalue weighted by atomic mass is 10.00. The van der Waals surface area contributed by atoms with Gasteiger partial charge in [-0.3, -0.25) is 0 Å². The van der Waals surface area contributed by atoms with Crippen LogP contribution in [0.4, 0.5) is 8.78 Å². The number of halogens is 2. The third-order valence-corrected chi connectivity index (χ3v) is 2.26. The predicted octanol–water partition coefficient (Wildman–Crippen LogP) is 1.45. The zero-order valence-electron chi connectivity index (χ0n) is 7.43. The summed E-state index contributed by atoms with van der Waals surface area (Å²) in [4.78, 5) is 0. The lowest BCUT2D eigenvalue weighted by Crippen LogP contribution is -2.16. The average Bonchev–Trinajstić information content (AvgIpc) is 2.56. The van der Waals surface area contributed by atoms with Crippen molar-refractivity contribution in [2.75, 3.05) is 6.54 Å². The summed E-state index contributed by atoms with van der Waals surface area (Å²) in [5, 5.41) is 2.86. The lowest BCUT2D eigenvalue weighted by molar-refractivity contribution is 0.577. The van der Waals surface area contributed by atoms with Crippen LogP contribution in [0.25, 0.3) is 0 Å². The Kier molecular flexibility index (Phi) is 2.11. The van der Waals surface area contributed by atoms with Crippen molar-refractivity contribution in [2.24, 2.45) is 5.73 Å². The van der Waals surface area contributed by atoms with Gasteiger partial charge < -0.3 is 11.1 Å². The van der Waals surface area contributed by atoms with Crippen LogP contribution in [-0.4, -0.2) is 6.54 Å². The van der Waals surface area contributed by atoms with Crippen molar-refractivity contribution < 1.29 is 8.78 Å². The smallest absolute Gasteiger partial charge is 0.127 e. The van der Waals surface area contributed by atoms with E-state index in [9.17, 15) is 8.78 Å². The number of hydrogen-bond acceptors (Lipinski definition) is 2. The number of hydrogen-bond donors (Lipinski definition) is 2. The Balaban J connectivity index is 2.36. The summed E-state index contributed by atoms with van der Waals surface area (Å²) >= 11 is 0. The maximum absolute atomic E-state index is 13.3. The molecule has 0 bridgehead atoms. The van der Waals surface area contributed by atoms with E-state index in [1.54, 1.807) is 6.08 Å². The molecule has 0 saturated carbocycles. The van der Waals surface area contributed by atoms with Crippen LogP contribution in [0.2, 0.25) is 0 Å². The van der Waals surface area contributed by atoms with Crippen LogP contribution in [0.15, 0.2) is 30.1 Å². The van der Waals surface area contributed by atoms with Gasteiger partial charge in [0.05, 0.1) is 5.82 Å². The average molecular weight is 196 g/mol. The summed E-state index contributed by atoms with van der Waals surface area (Å²) in [5.74, 6) is -0.492. The molecule has 0 amide bonds. The van der Waals surface area contributed by atoms with E-state index >= 15 is 0 Å². The lowest BCUT2D eigenvalue weighted by Gasteiger charge is -2.08. The van der Waals surface area contributed by atoms with Crippen molar-refractivity contribution in [3.8, 4) is 0 Å². The monoisotopic (exact) mass is 196 g/mol. The van der Waals surface area contributed by atoms with Gasteiger partial charge in [-0.05, 0) is 29.8 Å². The van der Waals surface area contributed by atoms with Crippen LogP contribution in [0.5, 0.6) is 0 Å². The molecule has 1 aliphatic heterocycles. The molecule has 14 heavy (non-hydrogen) atoms. The molecule has 0 unspecified atom stereocenters. The molecule has 1 heterocycles. The van der Waals surface area contributed by atoms with E-state index in [4.69, 9.17) is 5.73 Å². The highest BCUT2D eigenvalue weighted by atomic mass is 19.1. The second-order valence-corrected chi connectivity index (χ2v) is 3.28. The number of rotatable bonds is 1. The summed E-state index contributed by atoms with van der Waals surface area (Å²) in [6.07, 6.45) is 1.69. The van der Waals surface area contributed by atoms with Crippen molar-refractivity contribution in [1.82, 2.24) is 5.32 Å². The van der Waals surface area contributed by atoms with E-state index in [1.807, 2.05) is 0 Å². The summed E-state index contributed by atoms with van der Waals surface area (Å²) in [7, 11) is 0. The van der Waals surface area contributed by atoms with Gasteiger partial charge in [-0.25, -0.2) is 8.78 Å². The molecule has 0 radical (unpaired) electrons. The molecule has 1 aromatic rings. The first-order valence-electron chi connectivity index (χ1n) is 4.33. The van der Waals surface area contributed by atoms with E-state index in [0.29, 0.717) is 17.9 Å². The SMILES string of the molecule is NC1=C[C@@H](c2cc(F)ccc2F)CN1. The van der Waals surface area contributed by atoms with Gasteiger partial charge in [-0.15, -0.1) is 0 Å². The summed E-state index contributed by atoms with van der Waals surface area (Å²) in [6, 6.07) is 3.44. The first-order valence-corrected chi connectivity index (χ1v) is 4.33. The van der Waals surface area contributed by atoms with Gasteiger partial charge in [-0.2, -0.15) is 0 Å². The maximum atomic E-state index is 13.3. The zero-order valence-corrected chi connectivity index (χ0v) is 7.43. The van der Waals surface area contributed by atoms with Gasteiger partial charge in [-0.1, -0.05) is 0 Å². The van der Waals surface area contributed by atoms with Crippen molar-refractivity contribution in [1.29, 1.82) is 0 Å². The van der Waals surface area contributed by atoms with E-state index < -0.39 is 11.6 Å². The Morgan fingerprint density at radius 1 is 1.36 bits per heavy atom. The molecule has 1 aliphatic rings. The van der Waals surface area contributed by atoms with Gasteiger partial charge in [0.2, 0.25) is 0 Å². The number of benzene rings is 1. The molecule has 0 fully saturated rings. The minimum absolute atomic E-state index is 0.175. The van der Waals surface area contributed by atoms with Crippen LogP contribution < -0.4 is 11.1 Å². The van der Waals surface area contributed by atoms with E-state index in [-0.39, 0.29) is 5.92 Å². The number of nitrogens with one attached hydrogen (secondary N) is 1. The highest BCUT2D eigenvalue weighted by Gasteiger charge is 2.19.